The molecule has 0 saturated heterocycles. The van der Waals surface area contributed by atoms with Crippen LogP contribution in [0.2, 0.25) is 0 Å². The summed E-state index contributed by atoms with van der Waals surface area (Å²) in [7, 11) is 0. The Bertz CT molecular complexity index is 477. The Kier molecular flexibility index (Phi) is 3.08. The SMILES string of the molecule is NCC1(Cc2ccc3c(c2)SCC(=O)N3)CCC1. The number of nitrogens with one attached hydrogen (secondary N) is 1. The van der Waals surface area contributed by atoms with Gasteiger partial charge in [0.2, 0.25) is 5.91 Å². The van der Waals surface area contributed by atoms with Gasteiger partial charge in [0.25, 0.3) is 0 Å². The van der Waals surface area contributed by atoms with Crippen LogP contribution in [0.4, 0.5) is 5.69 Å². The second-order valence-corrected chi connectivity index (χ2v) is 6.42. The fraction of sp³-hybridized carbons (Fsp3) is 0.500. The standard InChI is InChI=1S/C14H18N2OS/c15-9-14(4-1-5-14)7-10-2-3-11-12(6-10)18-8-13(17)16-11/h2-3,6H,1,4-5,7-9,15H2,(H,16,17). The lowest BCUT2D eigenvalue weighted by atomic mass is 9.65. The van der Waals surface area contributed by atoms with E-state index < -0.39 is 0 Å². The topological polar surface area (TPSA) is 55.1 Å². The molecular formula is C14H18N2OS. The van der Waals surface area contributed by atoms with Crippen molar-refractivity contribution < 1.29 is 4.79 Å². The van der Waals surface area contributed by atoms with Gasteiger partial charge in [-0.3, -0.25) is 4.79 Å². The summed E-state index contributed by atoms with van der Waals surface area (Å²) in [6.45, 7) is 0.786. The van der Waals surface area contributed by atoms with Crippen LogP contribution in [0.3, 0.4) is 0 Å². The maximum absolute atomic E-state index is 11.3. The lowest BCUT2D eigenvalue weighted by molar-refractivity contribution is -0.113. The zero-order valence-electron chi connectivity index (χ0n) is 10.4. The van der Waals surface area contributed by atoms with E-state index in [9.17, 15) is 4.79 Å². The number of thioether (sulfide) groups is 1. The molecule has 18 heavy (non-hydrogen) atoms. The van der Waals surface area contributed by atoms with Crippen LogP contribution in [0.1, 0.15) is 24.8 Å². The summed E-state index contributed by atoms with van der Waals surface area (Å²) < 4.78 is 0. The third-order valence-electron chi connectivity index (χ3n) is 4.11. The first-order valence-electron chi connectivity index (χ1n) is 6.46. The number of amides is 1. The first kappa shape index (κ1) is 12.1. The van der Waals surface area contributed by atoms with Crippen molar-refractivity contribution in [2.24, 2.45) is 11.1 Å². The number of nitrogens with two attached hydrogens (primary N) is 1. The van der Waals surface area contributed by atoms with Crippen LogP contribution in [0, 0.1) is 5.41 Å². The normalized spacial score (nSPS) is 20.8. The Labute approximate surface area is 112 Å². The zero-order chi connectivity index (χ0) is 12.6. The number of anilines is 1. The van der Waals surface area contributed by atoms with Crippen molar-refractivity contribution in [2.45, 2.75) is 30.6 Å². The molecule has 1 aliphatic heterocycles. The Morgan fingerprint density at radius 3 is 2.89 bits per heavy atom. The van der Waals surface area contributed by atoms with Crippen molar-refractivity contribution in [3.63, 3.8) is 0 Å². The first-order valence-corrected chi connectivity index (χ1v) is 7.45. The van der Waals surface area contributed by atoms with Gasteiger partial charge in [-0.25, -0.2) is 0 Å². The smallest absolute Gasteiger partial charge is 0.234 e. The van der Waals surface area contributed by atoms with Crippen LogP contribution in [0.25, 0.3) is 0 Å². The van der Waals surface area contributed by atoms with Crippen LogP contribution >= 0.6 is 11.8 Å². The molecule has 1 aromatic rings. The lowest BCUT2D eigenvalue weighted by Gasteiger charge is -2.41. The monoisotopic (exact) mass is 262 g/mol. The molecule has 3 nitrogen and oxygen atoms in total. The largest absolute Gasteiger partial charge is 0.330 e. The average molecular weight is 262 g/mol. The minimum atomic E-state index is 0.0951. The van der Waals surface area contributed by atoms with Crippen LogP contribution in [0.5, 0.6) is 0 Å². The highest BCUT2D eigenvalue weighted by atomic mass is 32.2. The van der Waals surface area contributed by atoms with Gasteiger partial charge in [-0.05, 0) is 48.9 Å². The molecule has 1 aromatic carbocycles. The molecule has 1 saturated carbocycles. The van der Waals surface area contributed by atoms with Gasteiger partial charge in [-0.15, -0.1) is 11.8 Å². The molecule has 1 fully saturated rings. The van der Waals surface area contributed by atoms with Crippen LogP contribution < -0.4 is 11.1 Å². The van der Waals surface area contributed by atoms with E-state index >= 15 is 0 Å². The van der Waals surface area contributed by atoms with Crippen molar-refractivity contribution in [1.29, 1.82) is 0 Å². The molecule has 96 valence electrons. The fourth-order valence-electron chi connectivity index (χ4n) is 2.79. The van der Waals surface area contributed by atoms with Gasteiger partial charge in [0.05, 0.1) is 11.4 Å². The van der Waals surface area contributed by atoms with E-state index in [-0.39, 0.29) is 5.91 Å². The Morgan fingerprint density at radius 1 is 1.39 bits per heavy atom. The van der Waals surface area contributed by atoms with E-state index in [0.717, 1.165) is 18.7 Å². The summed E-state index contributed by atoms with van der Waals surface area (Å²) in [4.78, 5) is 12.5. The molecule has 1 heterocycles. The Morgan fingerprint density at radius 2 is 2.22 bits per heavy atom. The molecule has 0 unspecified atom stereocenters. The molecule has 0 radical (unpaired) electrons. The van der Waals surface area contributed by atoms with E-state index in [0.29, 0.717) is 11.2 Å². The minimum Gasteiger partial charge on any atom is -0.330 e. The lowest BCUT2D eigenvalue weighted by Crippen LogP contribution is -2.39. The quantitative estimate of drug-likeness (QED) is 0.879. The minimum absolute atomic E-state index is 0.0951. The average Bonchev–Trinajstić information content (AvgIpc) is 2.34. The van der Waals surface area contributed by atoms with Gasteiger partial charge in [0, 0.05) is 4.90 Å². The summed E-state index contributed by atoms with van der Waals surface area (Å²) >= 11 is 1.63. The van der Waals surface area contributed by atoms with Gasteiger partial charge in [0.1, 0.15) is 0 Å². The second kappa shape index (κ2) is 4.59. The van der Waals surface area contributed by atoms with Crippen LogP contribution in [0.15, 0.2) is 23.1 Å². The highest BCUT2D eigenvalue weighted by Crippen LogP contribution is 2.43. The summed E-state index contributed by atoms with van der Waals surface area (Å²) in [5, 5.41) is 2.91. The van der Waals surface area contributed by atoms with Crippen molar-refractivity contribution in [2.75, 3.05) is 17.6 Å². The summed E-state index contributed by atoms with van der Waals surface area (Å²) in [5.41, 5.74) is 8.56. The maximum atomic E-state index is 11.3. The molecule has 3 rings (SSSR count). The molecule has 3 N–H and O–H groups in total. The van der Waals surface area contributed by atoms with E-state index in [1.807, 2.05) is 6.07 Å². The summed E-state index contributed by atoms with van der Waals surface area (Å²) in [5.74, 6) is 0.621. The number of carbonyl (C=O) groups excluding carboxylic acids is 1. The van der Waals surface area contributed by atoms with Gasteiger partial charge in [-0.2, -0.15) is 0 Å². The maximum Gasteiger partial charge on any atom is 0.234 e. The van der Waals surface area contributed by atoms with Crippen molar-refractivity contribution >= 4 is 23.4 Å². The molecular weight excluding hydrogens is 244 g/mol. The molecule has 1 amide bonds. The predicted octanol–water partition coefficient (Wildman–Crippen LogP) is 2.40. The Hall–Kier alpha value is -1.00. The number of hydrogen-bond donors (Lipinski definition) is 2. The number of benzene rings is 1. The number of hydrogen-bond acceptors (Lipinski definition) is 3. The highest BCUT2D eigenvalue weighted by Gasteiger charge is 2.35. The van der Waals surface area contributed by atoms with Gasteiger partial charge in [0.15, 0.2) is 0 Å². The van der Waals surface area contributed by atoms with E-state index in [2.05, 4.69) is 17.4 Å². The number of carbonyl (C=O) groups is 1. The molecule has 0 atom stereocenters. The fourth-order valence-corrected chi connectivity index (χ4v) is 3.66. The Balaban J connectivity index is 1.80. The van der Waals surface area contributed by atoms with Crippen LogP contribution in [-0.2, 0) is 11.2 Å². The van der Waals surface area contributed by atoms with Crippen molar-refractivity contribution in [1.82, 2.24) is 0 Å². The first-order chi connectivity index (χ1) is 8.71. The second-order valence-electron chi connectivity index (χ2n) is 5.40. The van der Waals surface area contributed by atoms with E-state index in [1.165, 1.54) is 29.7 Å². The van der Waals surface area contributed by atoms with Crippen LogP contribution in [-0.4, -0.2) is 18.2 Å². The van der Waals surface area contributed by atoms with Gasteiger partial charge in [-0.1, -0.05) is 12.5 Å². The molecule has 1 aliphatic carbocycles. The zero-order valence-corrected chi connectivity index (χ0v) is 11.2. The van der Waals surface area contributed by atoms with E-state index in [1.54, 1.807) is 11.8 Å². The van der Waals surface area contributed by atoms with Gasteiger partial charge < -0.3 is 11.1 Å². The highest BCUT2D eigenvalue weighted by molar-refractivity contribution is 8.00. The van der Waals surface area contributed by atoms with Crippen molar-refractivity contribution in [3.8, 4) is 0 Å². The third kappa shape index (κ3) is 2.15. The molecule has 0 bridgehead atoms. The van der Waals surface area contributed by atoms with Crippen molar-refractivity contribution in [3.05, 3.63) is 23.8 Å². The summed E-state index contributed by atoms with van der Waals surface area (Å²) in [6, 6.07) is 6.37. The predicted molar refractivity (Wildman–Crippen MR) is 74.8 cm³/mol. The third-order valence-corrected chi connectivity index (χ3v) is 5.16. The molecule has 0 aromatic heterocycles. The molecule has 2 aliphatic rings. The van der Waals surface area contributed by atoms with E-state index in [4.69, 9.17) is 5.73 Å². The molecule has 4 heteroatoms. The number of rotatable bonds is 3. The molecule has 0 spiro atoms. The number of fused-ring (bicyclic) bond motifs is 1. The summed E-state index contributed by atoms with van der Waals surface area (Å²) in [6.07, 6.45) is 4.90. The van der Waals surface area contributed by atoms with Gasteiger partial charge >= 0.3 is 0 Å².